The minimum Gasteiger partial charge on any atom is -0.323 e. The van der Waals surface area contributed by atoms with Gasteiger partial charge in [0, 0.05) is 29.6 Å². The molecule has 0 aromatic carbocycles. The average molecular weight is 314 g/mol. The maximum atomic E-state index is 6.22. The molecule has 2 rings (SSSR count). The van der Waals surface area contributed by atoms with E-state index in [0.29, 0.717) is 0 Å². The van der Waals surface area contributed by atoms with Gasteiger partial charge in [0.2, 0.25) is 0 Å². The van der Waals surface area contributed by atoms with Gasteiger partial charge in [-0.05, 0) is 48.0 Å². The molecule has 2 heterocycles. The average Bonchev–Trinajstić information content (AvgIpc) is 2.85. The summed E-state index contributed by atoms with van der Waals surface area (Å²) in [6, 6.07) is 6.29. The standard InChI is InChI=1S/C12H16BrN3S/c1-3-16-9(6-8(2)15-16)7-10(14)11-4-5-12(13)17-11/h4-6,10H,3,7,14H2,1-2H3. The quantitative estimate of drug-likeness (QED) is 0.941. The highest BCUT2D eigenvalue weighted by molar-refractivity contribution is 9.11. The van der Waals surface area contributed by atoms with Gasteiger partial charge in [0.15, 0.2) is 0 Å². The molecule has 1 atom stereocenters. The number of nitrogens with two attached hydrogens (primary N) is 1. The van der Waals surface area contributed by atoms with Crippen molar-refractivity contribution in [1.82, 2.24) is 9.78 Å². The van der Waals surface area contributed by atoms with E-state index in [4.69, 9.17) is 5.73 Å². The molecule has 3 nitrogen and oxygen atoms in total. The predicted molar refractivity (Wildman–Crippen MR) is 75.3 cm³/mol. The Morgan fingerprint density at radius 2 is 2.29 bits per heavy atom. The zero-order valence-corrected chi connectivity index (χ0v) is 12.4. The maximum absolute atomic E-state index is 6.22. The Balaban J connectivity index is 2.14. The number of aromatic nitrogens is 2. The number of thiophene rings is 1. The summed E-state index contributed by atoms with van der Waals surface area (Å²) in [6.45, 7) is 5.01. The largest absolute Gasteiger partial charge is 0.323 e. The highest BCUT2D eigenvalue weighted by Gasteiger charge is 2.13. The van der Waals surface area contributed by atoms with Crippen LogP contribution in [0.4, 0.5) is 0 Å². The number of rotatable bonds is 4. The Bertz CT molecular complexity index is 504. The Kier molecular flexibility index (Phi) is 4.01. The van der Waals surface area contributed by atoms with Crippen molar-refractivity contribution in [3.8, 4) is 0 Å². The van der Waals surface area contributed by atoms with E-state index in [1.165, 1.54) is 10.6 Å². The lowest BCUT2D eigenvalue weighted by atomic mass is 10.1. The van der Waals surface area contributed by atoms with Gasteiger partial charge < -0.3 is 5.73 Å². The van der Waals surface area contributed by atoms with E-state index in [1.807, 2.05) is 17.7 Å². The van der Waals surface area contributed by atoms with Gasteiger partial charge in [-0.1, -0.05) is 0 Å². The second kappa shape index (κ2) is 5.33. The third-order valence-corrected chi connectivity index (χ3v) is 4.43. The molecule has 0 amide bonds. The maximum Gasteiger partial charge on any atom is 0.0701 e. The van der Waals surface area contributed by atoms with Crippen molar-refractivity contribution in [3.63, 3.8) is 0 Å². The molecule has 1 unspecified atom stereocenters. The van der Waals surface area contributed by atoms with Gasteiger partial charge in [-0.15, -0.1) is 11.3 Å². The van der Waals surface area contributed by atoms with Gasteiger partial charge in [0.25, 0.3) is 0 Å². The van der Waals surface area contributed by atoms with E-state index < -0.39 is 0 Å². The summed E-state index contributed by atoms with van der Waals surface area (Å²) in [5.41, 5.74) is 8.49. The van der Waals surface area contributed by atoms with Gasteiger partial charge in [-0.3, -0.25) is 4.68 Å². The third-order valence-electron chi connectivity index (χ3n) is 2.67. The van der Waals surface area contributed by atoms with E-state index in [1.54, 1.807) is 11.3 Å². The number of hydrogen-bond donors (Lipinski definition) is 1. The Morgan fingerprint density at radius 3 is 2.88 bits per heavy atom. The van der Waals surface area contributed by atoms with Crippen LogP contribution in [0.1, 0.15) is 29.2 Å². The summed E-state index contributed by atoms with van der Waals surface area (Å²) in [5.74, 6) is 0. The second-order valence-electron chi connectivity index (χ2n) is 4.05. The molecule has 17 heavy (non-hydrogen) atoms. The van der Waals surface area contributed by atoms with E-state index >= 15 is 0 Å². The van der Waals surface area contributed by atoms with Crippen molar-refractivity contribution in [2.45, 2.75) is 32.9 Å². The summed E-state index contributed by atoms with van der Waals surface area (Å²) in [7, 11) is 0. The van der Waals surface area contributed by atoms with Gasteiger partial charge in [0.05, 0.1) is 9.48 Å². The van der Waals surface area contributed by atoms with Crippen LogP contribution < -0.4 is 5.73 Å². The molecule has 0 radical (unpaired) electrons. The predicted octanol–water partition coefficient (Wildman–Crippen LogP) is 3.28. The monoisotopic (exact) mass is 313 g/mol. The minimum absolute atomic E-state index is 0.0488. The molecular weight excluding hydrogens is 298 g/mol. The molecule has 0 aliphatic heterocycles. The Hall–Kier alpha value is -0.650. The topological polar surface area (TPSA) is 43.8 Å². The van der Waals surface area contributed by atoms with Crippen LogP contribution >= 0.6 is 27.3 Å². The van der Waals surface area contributed by atoms with Crippen molar-refractivity contribution in [1.29, 1.82) is 0 Å². The first-order valence-corrected chi connectivity index (χ1v) is 7.25. The Labute approximate surface area is 114 Å². The van der Waals surface area contributed by atoms with Crippen LogP contribution in [0, 0.1) is 6.92 Å². The number of aryl methyl sites for hydroxylation is 2. The van der Waals surface area contributed by atoms with E-state index in [9.17, 15) is 0 Å². The summed E-state index contributed by atoms with van der Waals surface area (Å²) in [5, 5.41) is 4.44. The van der Waals surface area contributed by atoms with E-state index in [2.05, 4.69) is 40.1 Å². The molecule has 0 saturated heterocycles. The first-order valence-electron chi connectivity index (χ1n) is 5.64. The smallest absolute Gasteiger partial charge is 0.0701 e. The van der Waals surface area contributed by atoms with Crippen molar-refractivity contribution < 1.29 is 0 Å². The molecule has 0 aliphatic rings. The normalized spacial score (nSPS) is 12.9. The Morgan fingerprint density at radius 1 is 1.53 bits per heavy atom. The highest BCUT2D eigenvalue weighted by atomic mass is 79.9. The van der Waals surface area contributed by atoms with Crippen molar-refractivity contribution >= 4 is 27.3 Å². The molecule has 2 aromatic rings. The summed E-state index contributed by atoms with van der Waals surface area (Å²) >= 11 is 5.16. The van der Waals surface area contributed by atoms with Gasteiger partial charge in [0.1, 0.15) is 0 Å². The van der Waals surface area contributed by atoms with E-state index in [-0.39, 0.29) is 6.04 Å². The summed E-state index contributed by atoms with van der Waals surface area (Å²) in [6.07, 6.45) is 0.835. The molecular formula is C12H16BrN3S. The van der Waals surface area contributed by atoms with Crippen LogP contribution in [0.2, 0.25) is 0 Å². The van der Waals surface area contributed by atoms with Gasteiger partial charge >= 0.3 is 0 Å². The molecule has 2 aromatic heterocycles. The first-order chi connectivity index (χ1) is 8.10. The van der Waals surface area contributed by atoms with Crippen molar-refractivity contribution in [2.24, 2.45) is 5.73 Å². The molecule has 0 fully saturated rings. The molecule has 5 heteroatoms. The highest BCUT2D eigenvalue weighted by Crippen LogP contribution is 2.28. The summed E-state index contributed by atoms with van der Waals surface area (Å²) in [4.78, 5) is 1.21. The van der Waals surface area contributed by atoms with Crippen LogP contribution in [0.25, 0.3) is 0 Å². The molecule has 0 aliphatic carbocycles. The van der Waals surface area contributed by atoms with E-state index in [0.717, 1.165) is 22.4 Å². The SMILES string of the molecule is CCn1nc(C)cc1CC(N)c1ccc(Br)s1. The fourth-order valence-electron chi connectivity index (χ4n) is 1.89. The second-order valence-corrected chi connectivity index (χ2v) is 6.54. The van der Waals surface area contributed by atoms with Crippen LogP contribution in [0.3, 0.4) is 0 Å². The third kappa shape index (κ3) is 2.97. The zero-order chi connectivity index (χ0) is 12.4. The van der Waals surface area contributed by atoms with Crippen LogP contribution in [-0.2, 0) is 13.0 Å². The minimum atomic E-state index is 0.0488. The number of hydrogen-bond acceptors (Lipinski definition) is 3. The molecule has 0 bridgehead atoms. The van der Waals surface area contributed by atoms with Crippen LogP contribution in [-0.4, -0.2) is 9.78 Å². The molecule has 0 saturated carbocycles. The van der Waals surface area contributed by atoms with Gasteiger partial charge in [-0.25, -0.2) is 0 Å². The molecule has 2 N–H and O–H groups in total. The van der Waals surface area contributed by atoms with Gasteiger partial charge in [-0.2, -0.15) is 5.10 Å². The lowest BCUT2D eigenvalue weighted by Gasteiger charge is -2.10. The summed E-state index contributed by atoms with van der Waals surface area (Å²) < 4.78 is 3.15. The van der Waals surface area contributed by atoms with Crippen LogP contribution in [0.5, 0.6) is 0 Å². The molecule has 92 valence electrons. The number of nitrogens with zero attached hydrogens (tertiary/aromatic N) is 2. The van der Waals surface area contributed by atoms with Crippen LogP contribution in [0.15, 0.2) is 22.0 Å². The molecule has 0 spiro atoms. The lowest BCUT2D eigenvalue weighted by Crippen LogP contribution is -2.14. The zero-order valence-electron chi connectivity index (χ0n) is 9.98. The van der Waals surface area contributed by atoms with Crippen molar-refractivity contribution in [2.75, 3.05) is 0 Å². The van der Waals surface area contributed by atoms with Crippen molar-refractivity contribution in [3.05, 3.63) is 38.3 Å². The first kappa shape index (κ1) is 12.8. The lowest BCUT2D eigenvalue weighted by molar-refractivity contribution is 0.590. The fourth-order valence-corrected chi connectivity index (χ4v) is 3.32. The number of halogens is 1. The fraction of sp³-hybridized carbons (Fsp3) is 0.417.